The summed E-state index contributed by atoms with van der Waals surface area (Å²) in [5, 5.41) is 3.28. The number of ether oxygens (including phenoxy) is 1. The van der Waals surface area contributed by atoms with Gasteiger partial charge in [0.25, 0.3) is 0 Å². The molecule has 0 saturated carbocycles. The van der Waals surface area contributed by atoms with E-state index < -0.39 is 17.8 Å². The van der Waals surface area contributed by atoms with Crippen LogP contribution in [0.4, 0.5) is 15.8 Å². The Bertz CT molecular complexity index is 1110. The van der Waals surface area contributed by atoms with E-state index in [2.05, 4.69) is 32.2 Å². The molecule has 7 nitrogen and oxygen atoms in total. The van der Waals surface area contributed by atoms with Crippen molar-refractivity contribution >= 4 is 34.2 Å². The number of aromatic nitrogens is 1. The maximum absolute atomic E-state index is 13.9. The number of hydrogen-bond acceptors (Lipinski definition) is 5. The quantitative estimate of drug-likeness (QED) is 0.575. The highest BCUT2D eigenvalue weighted by molar-refractivity contribution is 6.11. The summed E-state index contributed by atoms with van der Waals surface area (Å²) in [5.74, 6) is -1.30. The van der Waals surface area contributed by atoms with Gasteiger partial charge in [-0.25, -0.2) is 9.18 Å². The van der Waals surface area contributed by atoms with Crippen LogP contribution in [0.2, 0.25) is 0 Å². The predicted molar refractivity (Wildman–Crippen MR) is 123 cm³/mol. The van der Waals surface area contributed by atoms with E-state index in [0.717, 1.165) is 26.2 Å². The Morgan fingerprint density at radius 2 is 1.84 bits per heavy atom. The Balaban J connectivity index is 1.49. The monoisotopic (exact) mass is 438 g/mol. The Kier molecular flexibility index (Phi) is 6.41. The minimum Gasteiger partial charge on any atom is -0.461 e. The minimum absolute atomic E-state index is 0.113. The minimum atomic E-state index is -0.594. The molecule has 168 valence electrons. The number of fused-ring (bicyclic) bond motifs is 1. The van der Waals surface area contributed by atoms with E-state index >= 15 is 0 Å². The van der Waals surface area contributed by atoms with Crippen molar-refractivity contribution in [2.45, 2.75) is 19.9 Å². The summed E-state index contributed by atoms with van der Waals surface area (Å²) in [6.45, 7) is 6.83. The van der Waals surface area contributed by atoms with Crippen molar-refractivity contribution in [3.05, 3.63) is 60.0 Å². The van der Waals surface area contributed by atoms with Crippen LogP contribution in [0.1, 0.15) is 24.3 Å². The van der Waals surface area contributed by atoms with Crippen molar-refractivity contribution in [1.82, 2.24) is 9.88 Å². The van der Waals surface area contributed by atoms with Crippen LogP contribution in [-0.4, -0.2) is 60.6 Å². The fourth-order valence-electron chi connectivity index (χ4n) is 4.05. The number of anilines is 2. The molecule has 3 aromatic rings. The lowest BCUT2D eigenvalue weighted by Crippen LogP contribution is -2.52. The fourth-order valence-corrected chi connectivity index (χ4v) is 4.05. The molecule has 0 unspecified atom stereocenters. The molecule has 32 heavy (non-hydrogen) atoms. The Morgan fingerprint density at radius 1 is 1.12 bits per heavy atom. The van der Waals surface area contributed by atoms with E-state index in [1.165, 1.54) is 23.9 Å². The lowest BCUT2D eigenvalue weighted by molar-refractivity contribution is -0.120. The van der Waals surface area contributed by atoms with Crippen LogP contribution in [0.25, 0.3) is 10.9 Å². The van der Waals surface area contributed by atoms with E-state index in [1.807, 2.05) is 25.1 Å². The average Bonchev–Trinajstić information content (AvgIpc) is 3.17. The molecule has 2 aromatic carbocycles. The second-order valence-corrected chi connectivity index (χ2v) is 7.81. The largest absolute Gasteiger partial charge is 0.461 e. The molecule has 8 heteroatoms. The van der Waals surface area contributed by atoms with Gasteiger partial charge in [-0.1, -0.05) is 18.2 Å². The summed E-state index contributed by atoms with van der Waals surface area (Å²) in [7, 11) is 0. The van der Waals surface area contributed by atoms with Gasteiger partial charge in [0.05, 0.1) is 18.3 Å². The van der Waals surface area contributed by atoms with Crippen LogP contribution in [-0.2, 0) is 9.53 Å². The van der Waals surface area contributed by atoms with Crippen molar-refractivity contribution < 1.29 is 18.7 Å². The van der Waals surface area contributed by atoms with E-state index in [4.69, 9.17) is 4.74 Å². The summed E-state index contributed by atoms with van der Waals surface area (Å²) in [6, 6.07) is 13.9. The number of carbonyl (C=O) groups excluding carboxylic acids is 2. The number of aromatic amines is 1. The van der Waals surface area contributed by atoms with E-state index in [1.54, 1.807) is 6.92 Å². The molecule has 0 bridgehead atoms. The zero-order valence-electron chi connectivity index (χ0n) is 18.2. The van der Waals surface area contributed by atoms with Gasteiger partial charge < -0.3 is 19.9 Å². The number of nitrogens with one attached hydrogen (secondary N) is 2. The van der Waals surface area contributed by atoms with Gasteiger partial charge in [0.15, 0.2) is 0 Å². The number of para-hydroxylation sites is 1. The number of esters is 1. The molecule has 2 N–H and O–H groups in total. The van der Waals surface area contributed by atoms with Gasteiger partial charge in [-0.2, -0.15) is 0 Å². The van der Waals surface area contributed by atoms with Crippen molar-refractivity contribution in [2.75, 3.05) is 43.0 Å². The second kappa shape index (κ2) is 9.40. The van der Waals surface area contributed by atoms with Gasteiger partial charge in [0, 0.05) is 42.8 Å². The molecule has 1 aromatic heterocycles. The summed E-state index contributed by atoms with van der Waals surface area (Å²) >= 11 is 0. The zero-order valence-corrected chi connectivity index (χ0v) is 18.2. The zero-order chi connectivity index (χ0) is 22.7. The third-order valence-electron chi connectivity index (χ3n) is 5.85. The number of amides is 1. The van der Waals surface area contributed by atoms with Crippen LogP contribution in [0.15, 0.2) is 48.5 Å². The normalized spacial score (nSPS) is 15.5. The molecule has 2 heterocycles. The van der Waals surface area contributed by atoms with Gasteiger partial charge in [-0.05, 0) is 44.2 Å². The number of nitrogens with zero attached hydrogens (tertiary/aromatic N) is 2. The Hall–Kier alpha value is -3.39. The number of H-pyrrole nitrogens is 1. The molecule has 1 fully saturated rings. The standard InChI is InChI=1S/C24H27FN4O3/c1-3-32-24(31)22-21(19-15-17(25)9-10-20(19)26-22)27-23(30)16(2)28-11-13-29(14-12-28)18-7-5-4-6-8-18/h4-10,15-16,26H,3,11-14H2,1-2H3,(H,27,30)/t16-/m0/s1. The number of carbonyl (C=O) groups is 2. The first-order chi connectivity index (χ1) is 15.5. The van der Waals surface area contributed by atoms with Gasteiger partial charge in [0.1, 0.15) is 11.5 Å². The SMILES string of the molecule is CCOC(=O)c1[nH]c2ccc(F)cc2c1NC(=O)[C@H](C)N1CCN(c2ccccc2)CC1. The molecule has 0 spiro atoms. The summed E-state index contributed by atoms with van der Waals surface area (Å²) in [5.41, 5.74) is 2.08. The first-order valence-corrected chi connectivity index (χ1v) is 10.8. The highest BCUT2D eigenvalue weighted by Gasteiger charge is 2.28. The van der Waals surface area contributed by atoms with Gasteiger partial charge in [-0.15, -0.1) is 0 Å². The van der Waals surface area contributed by atoms with Gasteiger partial charge >= 0.3 is 5.97 Å². The molecule has 1 aliphatic heterocycles. The van der Waals surface area contributed by atoms with Crippen LogP contribution in [0, 0.1) is 5.82 Å². The Labute approximate surface area is 186 Å². The van der Waals surface area contributed by atoms with Crippen LogP contribution >= 0.6 is 0 Å². The predicted octanol–water partition coefficient (Wildman–Crippen LogP) is 3.63. The number of rotatable bonds is 6. The Morgan fingerprint density at radius 3 is 2.53 bits per heavy atom. The molecule has 1 amide bonds. The van der Waals surface area contributed by atoms with E-state index in [-0.39, 0.29) is 23.9 Å². The summed E-state index contributed by atoms with van der Waals surface area (Å²) < 4.78 is 19.0. The fraction of sp³-hybridized carbons (Fsp3) is 0.333. The number of halogens is 1. The smallest absolute Gasteiger partial charge is 0.356 e. The number of piperazine rings is 1. The summed E-state index contributed by atoms with van der Waals surface area (Å²) in [4.78, 5) is 32.9. The van der Waals surface area contributed by atoms with Gasteiger partial charge in [-0.3, -0.25) is 9.69 Å². The number of benzene rings is 2. The number of hydrogen-bond donors (Lipinski definition) is 2. The van der Waals surface area contributed by atoms with Crippen molar-refractivity contribution in [1.29, 1.82) is 0 Å². The van der Waals surface area contributed by atoms with E-state index in [0.29, 0.717) is 10.9 Å². The van der Waals surface area contributed by atoms with Crippen molar-refractivity contribution in [3.63, 3.8) is 0 Å². The maximum Gasteiger partial charge on any atom is 0.356 e. The van der Waals surface area contributed by atoms with E-state index in [9.17, 15) is 14.0 Å². The molecular weight excluding hydrogens is 411 g/mol. The molecule has 1 aliphatic rings. The lowest BCUT2D eigenvalue weighted by Gasteiger charge is -2.38. The highest BCUT2D eigenvalue weighted by Crippen LogP contribution is 2.29. The third kappa shape index (κ3) is 4.45. The molecule has 0 aliphatic carbocycles. The first kappa shape index (κ1) is 21.8. The van der Waals surface area contributed by atoms with Gasteiger partial charge in [0.2, 0.25) is 5.91 Å². The van der Waals surface area contributed by atoms with Crippen molar-refractivity contribution in [2.24, 2.45) is 0 Å². The second-order valence-electron chi connectivity index (χ2n) is 7.81. The summed E-state index contributed by atoms with van der Waals surface area (Å²) in [6.07, 6.45) is 0. The van der Waals surface area contributed by atoms with Crippen LogP contribution < -0.4 is 10.2 Å². The average molecular weight is 439 g/mol. The molecular formula is C24H27FN4O3. The maximum atomic E-state index is 13.9. The topological polar surface area (TPSA) is 77.7 Å². The molecule has 0 radical (unpaired) electrons. The molecule has 4 rings (SSSR count). The highest BCUT2D eigenvalue weighted by atomic mass is 19.1. The molecule has 1 saturated heterocycles. The lowest BCUT2D eigenvalue weighted by atomic mass is 10.1. The first-order valence-electron chi connectivity index (χ1n) is 10.8. The van der Waals surface area contributed by atoms with Crippen molar-refractivity contribution in [3.8, 4) is 0 Å². The van der Waals surface area contributed by atoms with Crippen LogP contribution in [0.5, 0.6) is 0 Å². The van der Waals surface area contributed by atoms with Crippen LogP contribution in [0.3, 0.4) is 0 Å². The molecule has 1 atom stereocenters. The third-order valence-corrected chi connectivity index (χ3v) is 5.85.